The number of aromatic nitrogens is 3. The molecule has 0 saturated carbocycles. The molecular formula is C16H15N5O2. The normalized spacial score (nSPS) is 10.3. The summed E-state index contributed by atoms with van der Waals surface area (Å²) in [6.07, 6.45) is 6.24. The highest BCUT2D eigenvalue weighted by Crippen LogP contribution is 2.04. The van der Waals surface area contributed by atoms with Crippen molar-refractivity contribution in [2.45, 2.75) is 13.1 Å². The minimum Gasteiger partial charge on any atom is -0.467 e. The van der Waals surface area contributed by atoms with Gasteiger partial charge in [0.05, 0.1) is 37.4 Å². The summed E-state index contributed by atoms with van der Waals surface area (Å²) in [5.74, 6) is 0.961. The average Bonchev–Trinajstić information content (AvgIpc) is 3.13. The molecule has 1 amide bonds. The quantitative estimate of drug-likeness (QED) is 0.723. The molecule has 0 aliphatic carbocycles. The second-order valence-corrected chi connectivity index (χ2v) is 4.72. The molecule has 3 aromatic rings. The van der Waals surface area contributed by atoms with Crippen LogP contribution in [0.2, 0.25) is 0 Å². The van der Waals surface area contributed by atoms with Crippen molar-refractivity contribution in [1.29, 1.82) is 0 Å². The third-order valence-electron chi connectivity index (χ3n) is 3.06. The van der Waals surface area contributed by atoms with Gasteiger partial charge in [-0.1, -0.05) is 6.07 Å². The van der Waals surface area contributed by atoms with Crippen molar-refractivity contribution < 1.29 is 9.21 Å². The summed E-state index contributed by atoms with van der Waals surface area (Å²) in [7, 11) is 0. The molecular weight excluding hydrogens is 294 g/mol. The zero-order chi connectivity index (χ0) is 15.9. The molecule has 3 rings (SSSR count). The first-order valence-corrected chi connectivity index (χ1v) is 7.07. The molecule has 0 unspecified atom stereocenters. The molecule has 0 aliphatic rings. The lowest BCUT2D eigenvalue weighted by molar-refractivity contribution is 0.0942. The largest absolute Gasteiger partial charge is 0.467 e. The molecule has 3 aromatic heterocycles. The van der Waals surface area contributed by atoms with Gasteiger partial charge in [0, 0.05) is 6.20 Å². The summed E-state index contributed by atoms with van der Waals surface area (Å²) in [5, 5.41) is 5.81. The van der Waals surface area contributed by atoms with Crippen LogP contribution in [0.15, 0.2) is 59.6 Å². The number of hydrogen-bond donors (Lipinski definition) is 2. The highest BCUT2D eigenvalue weighted by atomic mass is 16.3. The van der Waals surface area contributed by atoms with E-state index >= 15 is 0 Å². The van der Waals surface area contributed by atoms with Crippen LogP contribution in [-0.4, -0.2) is 20.9 Å². The van der Waals surface area contributed by atoms with Crippen molar-refractivity contribution in [3.05, 3.63) is 72.3 Å². The van der Waals surface area contributed by atoms with Gasteiger partial charge in [0.2, 0.25) is 0 Å². The topological polar surface area (TPSA) is 92.9 Å². The Morgan fingerprint density at radius 3 is 2.70 bits per heavy atom. The number of furan rings is 1. The zero-order valence-electron chi connectivity index (χ0n) is 12.3. The van der Waals surface area contributed by atoms with Gasteiger partial charge in [-0.2, -0.15) is 0 Å². The Hall–Kier alpha value is -3.22. The van der Waals surface area contributed by atoms with Crippen molar-refractivity contribution in [2.24, 2.45) is 0 Å². The maximum atomic E-state index is 11.9. The molecule has 7 nitrogen and oxygen atoms in total. The lowest BCUT2D eigenvalue weighted by atomic mass is 10.3. The van der Waals surface area contributed by atoms with E-state index in [9.17, 15) is 4.79 Å². The Morgan fingerprint density at radius 2 is 2.00 bits per heavy atom. The molecule has 0 aromatic carbocycles. The van der Waals surface area contributed by atoms with Crippen molar-refractivity contribution in [3.8, 4) is 0 Å². The molecule has 0 bridgehead atoms. The van der Waals surface area contributed by atoms with Gasteiger partial charge in [-0.3, -0.25) is 9.78 Å². The molecule has 7 heteroatoms. The predicted molar refractivity (Wildman–Crippen MR) is 83.5 cm³/mol. The standard InChI is InChI=1S/C16H15N5O2/c22-16(21-9-13-5-3-7-23-13)14-10-20-15(11-18-14)19-8-12-4-1-2-6-17-12/h1-7,10-11H,8-9H2,(H,19,20)(H,21,22). The summed E-state index contributed by atoms with van der Waals surface area (Å²) < 4.78 is 5.15. The Morgan fingerprint density at radius 1 is 1.04 bits per heavy atom. The second-order valence-electron chi connectivity index (χ2n) is 4.72. The fourth-order valence-corrected chi connectivity index (χ4v) is 1.89. The molecule has 0 spiro atoms. The van der Waals surface area contributed by atoms with Crippen LogP contribution < -0.4 is 10.6 Å². The van der Waals surface area contributed by atoms with Gasteiger partial charge in [-0.15, -0.1) is 0 Å². The number of amides is 1. The lowest BCUT2D eigenvalue weighted by Gasteiger charge is -2.06. The van der Waals surface area contributed by atoms with Crippen LogP contribution in [0.4, 0.5) is 5.82 Å². The van der Waals surface area contributed by atoms with Crippen LogP contribution in [0.1, 0.15) is 21.9 Å². The van der Waals surface area contributed by atoms with Crippen molar-refractivity contribution in [1.82, 2.24) is 20.3 Å². The SMILES string of the molecule is O=C(NCc1ccco1)c1cnc(NCc2ccccn2)cn1. The van der Waals surface area contributed by atoms with Crippen molar-refractivity contribution >= 4 is 11.7 Å². The van der Waals surface area contributed by atoms with E-state index in [1.807, 2.05) is 18.2 Å². The van der Waals surface area contributed by atoms with Gasteiger partial charge in [-0.05, 0) is 24.3 Å². The minimum absolute atomic E-state index is 0.250. The first kappa shape index (κ1) is 14.7. The minimum atomic E-state index is -0.301. The molecule has 116 valence electrons. The van der Waals surface area contributed by atoms with Crippen LogP contribution >= 0.6 is 0 Å². The monoisotopic (exact) mass is 309 g/mol. The Balaban J connectivity index is 1.53. The number of anilines is 1. The smallest absolute Gasteiger partial charge is 0.271 e. The number of pyridine rings is 1. The fourth-order valence-electron chi connectivity index (χ4n) is 1.89. The summed E-state index contributed by atoms with van der Waals surface area (Å²) in [4.78, 5) is 24.4. The van der Waals surface area contributed by atoms with Gasteiger partial charge in [-0.25, -0.2) is 9.97 Å². The Kier molecular flexibility index (Phi) is 4.58. The van der Waals surface area contributed by atoms with E-state index in [1.165, 1.54) is 12.4 Å². The highest BCUT2D eigenvalue weighted by molar-refractivity contribution is 5.91. The molecule has 0 atom stereocenters. The van der Waals surface area contributed by atoms with Crippen LogP contribution in [-0.2, 0) is 13.1 Å². The van der Waals surface area contributed by atoms with Crippen LogP contribution in [0.5, 0.6) is 0 Å². The van der Waals surface area contributed by atoms with Crippen LogP contribution in [0.25, 0.3) is 0 Å². The van der Waals surface area contributed by atoms with Gasteiger partial charge in [0.1, 0.15) is 17.3 Å². The first-order valence-electron chi connectivity index (χ1n) is 7.07. The maximum Gasteiger partial charge on any atom is 0.271 e. The average molecular weight is 309 g/mol. The number of nitrogens with zero attached hydrogens (tertiary/aromatic N) is 3. The second kappa shape index (κ2) is 7.17. The molecule has 2 N–H and O–H groups in total. The number of carbonyl (C=O) groups is 1. The molecule has 3 heterocycles. The van der Waals surface area contributed by atoms with Gasteiger partial charge < -0.3 is 15.1 Å². The van der Waals surface area contributed by atoms with Gasteiger partial charge in [0.15, 0.2) is 0 Å². The van der Waals surface area contributed by atoms with E-state index in [2.05, 4.69) is 25.6 Å². The van der Waals surface area contributed by atoms with E-state index in [-0.39, 0.29) is 11.6 Å². The van der Waals surface area contributed by atoms with Crippen LogP contribution in [0, 0.1) is 0 Å². The summed E-state index contributed by atoms with van der Waals surface area (Å²) in [6, 6.07) is 9.25. The molecule has 0 radical (unpaired) electrons. The summed E-state index contributed by atoms with van der Waals surface area (Å²) in [5.41, 5.74) is 1.15. The Labute approximate surface area is 132 Å². The molecule has 0 aliphatic heterocycles. The number of rotatable bonds is 6. The van der Waals surface area contributed by atoms with E-state index < -0.39 is 0 Å². The van der Waals surface area contributed by atoms with E-state index in [1.54, 1.807) is 24.6 Å². The number of hydrogen-bond acceptors (Lipinski definition) is 6. The van der Waals surface area contributed by atoms with E-state index in [0.29, 0.717) is 24.7 Å². The number of nitrogens with one attached hydrogen (secondary N) is 2. The predicted octanol–water partition coefficient (Wildman–Crippen LogP) is 2.01. The number of carbonyl (C=O) groups excluding carboxylic acids is 1. The third-order valence-corrected chi connectivity index (χ3v) is 3.06. The molecule has 23 heavy (non-hydrogen) atoms. The first-order chi connectivity index (χ1) is 11.3. The summed E-state index contributed by atoms with van der Waals surface area (Å²) >= 11 is 0. The highest BCUT2D eigenvalue weighted by Gasteiger charge is 2.08. The molecule has 0 fully saturated rings. The third kappa shape index (κ3) is 4.13. The lowest BCUT2D eigenvalue weighted by Crippen LogP contribution is -2.23. The molecule has 0 saturated heterocycles. The summed E-state index contributed by atoms with van der Waals surface area (Å²) in [6.45, 7) is 0.854. The van der Waals surface area contributed by atoms with Gasteiger partial charge >= 0.3 is 0 Å². The zero-order valence-corrected chi connectivity index (χ0v) is 12.3. The maximum absolute atomic E-state index is 11.9. The Bertz CT molecular complexity index is 742. The fraction of sp³-hybridized carbons (Fsp3) is 0.125. The van der Waals surface area contributed by atoms with Crippen molar-refractivity contribution in [2.75, 3.05) is 5.32 Å². The van der Waals surface area contributed by atoms with E-state index in [4.69, 9.17) is 4.42 Å². The van der Waals surface area contributed by atoms with E-state index in [0.717, 1.165) is 5.69 Å². The van der Waals surface area contributed by atoms with Gasteiger partial charge in [0.25, 0.3) is 5.91 Å². The van der Waals surface area contributed by atoms with Crippen LogP contribution in [0.3, 0.4) is 0 Å². The van der Waals surface area contributed by atoms with Crippen molar-refractivity contribution in [3.63, 3.8) is 0 Å².